The predicted molar refractivity (Wildman–Crippen MR) is 61.7 cm³/mol. The molecule has 1 rings (SSSR count). The smallest absolute Gasteiger partial charge is 0.236 e. The average molecular weight is 206 g/mol. The van der Waals surface area contributed by atoms with Gasteiger partial charge in [-0.25, -0.2) is 0 Å². The normalized spacial score (nSPS) is 10.0. The van der Waals surface area contributed by atoms with Crippen molar-refractivity contribution in [2.24, 2.45) is 0 Å². The van der Waals surface area contributed by atoms with Crippen LogP contribution in [0, 0.1) is 0 Å². The Morgan fingerprint density at radius 2 is 1.93 bits per heavy atom. The fraction of sp³-hybridized carbons (Fsp3) is 0.417. The van der Waals surface area contributed by atoms with Gasteiger partial charge in [0.25, 0.3) is 0 Å². The van der Waals surface area contributed by atoms with Gasteiger partial charge in [-0.15, -0.1) is 0 Å². The number of likely N-dealkylation sites (N-methyl/N-ethyl adjacent to an activating group) is 1. The number of nitrogens with zero attached hydrogens (tertiary/aromatic N) is 1. The molecule has 0 aromatic heterocycles. The van der Waals surface area contributed by atoms with Gasteiger partial charge in [-0.1, -0.05) is 30.3 Å². The van der Waals surface area contributed by atoms with E-state index in [4.69, 9.17) is 0 Å². The molecule has 0 bridgehead atoms. The Balaban J connectivity index is 2.15. The highest BCUT2D eigenvalue weighted by Crippen LogP contribution is 1.97. The molecule has 0 aliphatic rings. The molecule has 0 spiro atoms. The maximum Gasteiger partial charge on any atom is 0.236 e. The minimum Gasteiger partial charge on any atom is -0.348 e. The summed E-state index contributed by atoms with van der Waals surface area (Å²) >= 11 is 0. The fourth-order valence-corrected chi connectivity index (χ4v) is 1.23. The van der Waals surface area contributed by atoms with Gasteiger partial charge in [0.1, 0.15) is 0 Å². The van der Waals surface area contributed by atoms with E-state index in [2.05, 4.69) is 17.4 Å². The standard InChI is InChI=1S/C12H18N2O/c1-14(2)12(15)10-13-9-8-11-6-4-3-5-7-11/h3-7,13H,8-10H2,1-2H3. The molecule has 0 atom stereocenters. The van der Waals surface area contributed by atoms with E-state index in [-0.39, 0.29) is 5.91 Å². The highest BCUT2D eigenvalue weighted by atomic mass is 16.2. The highest BCUT2D eigenvalue weighted by Gasteiger charge is 2.01. The molecular formula is C12H18N2O. The van der Waals surface area contributed by atoms with E-state index in [0.717, 1.165) is 13.0 Å². The van der Waals surface area contributed by atoms with Gasteiger partial charge in [0.15, 0.2) is 0 Å². The lowest BCUT2D eigenvalue weighted by Crippen LogP contribution is -2.33. The monoisotopic (exact) mass is 206 g/mol. The van der Waals surface area contributed by atoms with Crippen molar-refractivity contribution in [3.8, 4) is 0 Å². The largest absolute Gasteiger partial charge is 0.348 e. The van der Waals surface area contributed by atoms with Gasteiger partial charge in [0.05, 0.1) is 6.54 Å². The van der Waals surface area contributed by atoms with Crippen LogP contribution in [0.25, 0.3) is 0 Å². The Kier molecular flexibility index (Phi) is 4.84. The van der Waals surface area contributed by atoms with Crippen molar-refractivity contribution in [3.05, 3.63) is 35.9 Å². The molecule has 0 heterocycles. The zero-order valence-electron chi connectivity index (χ0n) is 9.36. The van der Waals surface area contributed by atoms with Crippen LogP contribution in [0.3, 0.4) is 0 Å². The van der Waals surface area contributed by atoms with Gasteiger partial charge in [0.2, 0.25) is 5.91 Å². The molecule has 0 radical (unpaired) electrons. The van der Waals surface area contributed by atoms with E-state index >= 15 is 0 Å². The third-order valence-corrected chi connectivity index (χ3v) is 2.21. The highest BCUT2D eigenvalue weighted by molar-refractivity contribution is 5.77. The van der Waals surface area contributed by atoms with Gasteiger partial charge in [0, 0.05) is 14.1 Å². The van der Waals surface area contributed by atoms with Crippen molar-refractivity contribution in [1.82, 2.24) is 10.2 Å². The zero-order valence-corrected chi connectivity index (χ0v) is 9.36. The SMILES string of the molecule is CN(C)C(=O)CNCCc1ccccc1. The Hall–Kier alpha value is -1.35. The lowest BCUT2D eigenvalue weighted by atomic mass is 10.1. The molecule has 1 aromatic carbocycles. The van der Waals surface area contributed by atoms with Crippen LogP contribution in [0.1, 0.15) is 5.56 Å². The number of amides is 1. The maximum absolute atomic E-state index is 11.2. The molecule has 1 N–H and O–H groups in total. The average Bonchev–Trinajstić information content (AvgIpc) is 2.25. The summed E-state index contributed by atoms with van der Waals surface area (Å²) in [6, 6.07) is 10.2. The van der Waals surface area contributed by atoms with Gasteiger partial charge >= 0.3 is 0 Å². The maximum atomic E-state index is 11.2. The Bertz CT molecular complexity index is 296. The first-order chi connectivity index (χ1) is 7.20. The molecule has 15 heavy (non-hydrogen) atoms. The first kappa shape index (κ1) is 11.7. The summed E-state index contributed by atoms with van der Waals surface area (Å²) in [4.78, 5) is 12.8. The van der Waals surface area contributed by atoms with Gasteiger partial charge in [-0.3, -0.25) is 4.79 Å². The molecular weight excluding hydrogens is 188 g/mol. The van der Waals surface area contributed by atoms with Gasteiger partial charge < -0.3 is 10.2 Å². The third kappa shape index (κ3) is 4.61. The molecule has 0 aliphatic heterocycles. The number of hydrogen-bond acceptors (Lipinski definition) is 2. The minimum absolute atomic E-state index is 0.114. The second-order valence-corrected chi connectivity index (χ2v) is 3.70. The molecule has 0 fully saturated rings. The number of carbonyl (C=O) groups is 1. The second-order valence-electron chi connectivity index (χ2n) is 3.70. The number of nitrogens with one attached hydrogen (secondary N) is 1. The molecule has 0 unspecified atom stereocenters. The summed E-state index contributed by atoms with van der Waals surface area (Å²) in [5.74, 6) is 0.114. The van der Waals surface area contributed by atoms with Crippen LogP contribution in [0.2, 0.25) is 0 Å². The minimum atomic E-state index is 0.114. The van der Waals surface area contributed by atoms with E-state index in [0.29, 0.717) is 6.54 Å². The zero-order chi connectivity index (χ0) is 11.1. The van der Waals surface area contributed by atoms with E-state index in [9.17, 15) is 4.79 Å². The van der Waals surface area contributed by atoms with Crippen LogP contribution in [0.4, 0.5) is 0 Å². The molecule has 1 aromatic rings. The summed E-state index contributed by atoms with van der Waals surface area (Å²) in [6.45, 7) is 1.25. The predicted octanol–water partition coefficient (Wildman–Crippen LogP) is 0.907. The van der Waals surface area contributed by atoms with Crippen LogP contribution in [-0.4, -0.2) is 38.0 Å². The number of carbonyl (C=O) groups excluding carboxylic acids is 1. The Morgan fingerprint density at radius 3 is 2.53 bits per heavy atom. The van der Waals surface area contributed by atoms with Crippen LogP contribution < -0.4 is 5.32 Å². The van der Waals surface area contributed by atoms with Crippen LogP contribution in [0.5, 0.6) is 0 Å². The van der Waals surface area contributed by atoms with Crippen molar-refractivity contribution in [3.63, 3.8) is 0 Å². The Morgan fingerprint density at radius 1 is 1.27 bits per heavy atom. The molecule has 82 valence electrons. The first-order valence-corrected chi connectivity index (χ1v) is 5.15. The van der Waals surface area contributed by atoms with Crippen molar-refractivity contribution >= 4 is 5.91 Å². The van der Waals surface area contributed by atoms with Crippen molar-refractivity contribution in [1.29, 1.82) is 0 Å². The second kappa shape index (κ2) is 6.19. The topological polar surface area (TPSA) is 32.3 Å². The van der Waals surface area contributed by atoms with E-state index < -0.39 is 0 Å². The van der Waals surface area contributed by atoms with Gasteiger partial charge in [-0.05, 0) is 18.5 Å². The van der Waals surface area contributed by atoms with Crippen molar-refractivity contribution < 1.29 is 4.79 Å². The molecule has 3 heteroatoms. The van der Waals surface area contributed by atoms with Crippen LogP contribution in [-0.2, 0) is 11.2 Å². The third-order valence-electron chi connectivity index (χ3n) is 2.21. The number of rotatable bonds is 5. The van der Waals surface area contributed by atoms with E-state index in [1.165, 1.54) is 5.56 Å². The van der Waals surface area contributed by atoms with Crippen molar-refractivity contribution in [2.45, 2.75) is 6.42 Å². The lowest BCUT2D eigenvalue weighted by Gasteiger charge is -2.10. The van der Waals surface area contributed by atoms with Crippen LogP contribution >= 0.6 is 0 Å². The van der Waals surface area contributed by atoms with Crippen LogP contribution in [0.15, 0.2) is 30.3 Å². The summed E-state index contributed by atoms with van der Waals surface area (Å²) in [5.41, 5.74) is 1.29. The quantitative estimate of drug-likeness (QED) is 0.726. The molecule has 3 nitrogen and oxygen atoms in total. The molecule has 0 aliphatic carbocycles. The van der Waals surface area contributed by atoms with E-state index in [1.807, 2.05) is 18.2 Å². The Labute approximate surface area is 91.1 Å². The summed E-state index contributed by atoms with van der Waals surface area (Å²) < 4.78 is 0. The molecule has 0 saturated carbocycles. The van der Waals surface area contributed by atoms with E-state index in [1.54, 1.807) is 19.0 Å². The molecule has 0 saturated heterocycles. The summed E-state index contributed by atoms with van der Waals surface area (Å²) in [7, 11) is 3.53. The van der Waals surface area contributed by atoms with Crippen molar-refractivity contribution in [2.75, 3.05) is 27.2 Å². The first-order valence-electron chi connectivity index (χ1n) is 5.15. The number of benzene rings is 1. The number of hydrogen-bond donors (Lipinski definition) is 1. The molecule has 1 amide bonds. The fourth-order valence-electron chi connectivity index (χ4n) is 1.23. The summed E-state index contributed by atoms with van der Waals surface area (Å²) in [6.07, 6.45) is 0.960. The lowest BCUT2D eigenvalue weighted by molar-refractivity contribution is -0.127. The van der Waals surface area contributed by atoms with Gasteiger partial charge in [-0.2, -0.15) is 0 Å². The summed E-state index contributed by atoms with van der Waals surface area (Å²) in [5, 5.41) is 3.12.